The van der Waals surface area contributed by atoms with E-state index in [-0.39, 0.29) is 0 Å². The van der Waals surface area contributed by atoms with Gasteiger partial charge in [-0.3, -0.25) is 0 Å². The Balaban J connectivity index is 2.76. The van der Waals surface area contributed by atoms with Gasteiger partial charge in [0.2, 0.25) is 0 Å². The van der Waals surface area contributed by atoms with Crippen molar-refractivity contribution in [1.82, 2.24) is 9.55 Å². The Morgan fingerprint density at radius 1 is 1.14 bits per heavy atom. The number of para-hydroxylation sites is 1. The van der Waals surface area contributed by atoms with Crippen molar-refractivity contribution >= 4 is 0 Å². The Morgan fingerprint density at radius 3 is 2.50 bits per heavy atom. The molecule has 0 unspecified atom stereocenters. The minimum Gasteiger partial charge on any atom is -0.397 e. The van der Waals surface area contributed by atoms with Crippen molar-refractivity contribution in [1.29, 1.82) is 0 Å². The van der Waals surface area contributed by atoms with Crippen LogP contribution in [0.4, 0.5) is 0 Å². The fourth-order valence-corrected chi connectivity index (χ4v) is 1.10. The van der Waals surface area contributed by atoms with Gasteiger partial charge >= 0.3 is 11.4 Å². The monoisotopic (exact) mass is 190 g/mol. The van der Waals surface area contributed by atoms with Crippen molar-refractivity contribution in [2.75, 3.05) is 0 Å². The summed E-state index contributed by atoms with van der Waals surface area (Å²) in [4.78, 5) is 25.8. The molecule has 70 valence electrons. The third-order valence-electron chi connectivity index (χ3n) is 1.70. The SMILES string of the molecule is O=c1ncoc(=O)n1-c1ccccc1. The summed E-state index contributed by atoms with van der Waals surface area (Å²) in [5, 5.41) is 0. The van der Waals surface area contributed by atoms with Gasteiger partial charge in [-0.25, -0.2) is 9.59 Å². The summed E-state index contributed by atoms with van der Waals surface area (Å²) in [5.41, 5.74) is -0.202. The first-order valence-electron chi connectivity index (χ1n) is 3.91. The van der Waals surface area contributed by atoms with E-state index in [0.29, 0.717) is 5.69 Å². The molecule has 0 aliphatic heterocycles. The zero-order valence-corrected chi connectivity index (χ0v) is 7.08. The van der Waals surface area contributed by atoms with Crippen molar-refractivity contribution in [2.24, 2.45) is 0 Å². The van der Waals surface area contributed by atoms with Crippen molar-refractivity contribution in [2.45, 2.75) is 0 Å². The summed E-state index contributed by atoms with van der Waals surface area (Å²) in [6.07, 6.45) is 0.837. The maximum absolute atomic E-state index is 11.2. The average Bonchev–Trinajstić information content (AvgIpc) is 2.19. The van der Waals surface area contributed by atoms with Gasteiger partial charge in [-0.05, 0) is 12.1 Å². The molecule has 0 fully saturated rings. The summed E-state index contributed by atoms with van der Waals surface area (Å²) < 4.78 is 5.35. The number of hydrogen-bond acceptors (Lipinski definition) is 4. The number of aromatic nitrogens is 2. The second-order valence-electron chi connectivity index (χ2n) is 2.57. The average molecular weight is 190 g/mol. The topological polar surface area (TPSA) is 65.1 Å². The first kappa shape index (κ1) is 8.43. The van der Waals surface area contributed by atoms with E-state index < -0.39 is 11.4 Å². The summed E-state index contributed by atoms with van der Waals surface area (Å²) in [6, 6.07) is 8.47. The number of nitrogens with zero attached hydrogens (tertiary/aromatic N) is 2. The van der Waals surface area contributed by atoms with E-state index in [4.69, 9.17) is 0 Å². The molecule has 2 rings (SSSR count). The maximum Gasteiger partial charge on any atom is 0.429 e. The van der Waals surface area contributed by atoms with Crippen LogP contribution in [-0.2, 0) is 0 Å². The van der Waals surface area contributed by atoms with Gasteiger partial charge < -0.3 is 4.42 Å². The second kappa shape index (κ2) is 3.29. The van der Waals surface area contributed by atoms with Crippen molar-refractivity contribution in [3.05, 3.63) is 57.8 Å². The van der Waals surface area contributed by atoms with E-state index >= 15 is 0 Å². The lowest BCUT2D eigenvalue weighted by atomic mass is 10.3. The highest BCUT2D eigenvalue weighted by atomic mass is 16.4. The Bertz CT molecular complexity index is 513. The molecule has 14 heavy (non-hydrogen) atoms. The summed E-state index contributed by atoms with van der Waals surface area (Å²) in [7, 11) is 0. The van der Waals surface area contributed by atoms with E-state index in [1.807, 2.05) is 0 Å². The van der Waals surface area contributed by atoms with Crippen LogP contribution in [0.2, 0.25) is 0 Å². The third-order valence-corrected chi connectivity index (χ3v) is 1.70. The van der Waals surface area contributed by atoms with Gasteiger partial charge in [0.15, 0.2) is 6.39 Å². The number of benzene rings is 1. The van der Waals surface area contributed by atoms with Crippen LogP contribution in [-0.4, -0.2) is 9.55 Å². The predicted molar refractivity (Wildman–Crippen MR) is 48.4 cm³/mol. The first-order chi connectivity index (χ1) is 6.79. The molecular formula is C9H6N2O3. The molecule has 0 N–H and O–H groups in total. The predicted octanol–water partition coefficient (Wildman–Crippen LogP) is 0.186. The minimum absolute atomic E-state index is 0.444. The molecule has 0 saturated carbocycles. The fraction of sp³-hybridized carbons (Fsp3) is 0. The quantitative estimate of drug-likeness (QED) is 0.643. The number of hydrogen-bond donors (Lipinski definition) is 0. The molecule has 0 bridgehead atoms. The van der Waals surface area contributed by atoms with Crippen LogP contribution in [0.15, 0.2) is 50.7 Å². The lowest BCUT2D eigenvalue weighted by Crippen LogP contribution is -2.32. The minimum atomic E-state index is -0.740. The van der Waals surface area contributed by atoms with Gasteiger partial charge in [0.1, 0.15) is 0 Å². The Morgan fingerprint density at radius 2 is 1.86 bits per heavy atom. The zero-order valence-electron chi connectivity index (χ0n) is 7.08. The van der Waals surface area contributed by atoms with E-state index in [2.05, 4.69) is 9.40 Å². The fourth-order valence-electron chi connectivity index (χ4n) is 1.10. The molecule has 1 aromatic heterocycles. The van der Waals surface area contributed by atoms with Gasteiger partial charge in [0.05, 0.1) is 5.69 Å². The van der Waals surface area contributed by atoms with Crippen molar-refractivity contribution in [3.8, 4) is 5.69 Å². The molecule has 0 radical (unpaired) electrons. The molecular weight excluding hydrogens is 184 g/mol. The lowest BCUT2D eigenvalue weighted by Gasteiger charge is -1.99. The van der Waals surface area contributed by atoms with E-state index in [9.17, 15) is 9.59 Å². The van der Waals surface area contributed by atoms with Crippen LogP contribution in [0.3, 0.4) is 0 Å². The molecule has 0 spiro atoms. The van der Waals surface area contributed by atoms with Gasteiger partial charge in [0.25, 0.3) is 0 Å². The van der Waals surface area contributed by atoms with Crippen molar-refractivity contribution in [3.63, 3.8) is 0 Å². The highest BCUT2D eigenvalue weighted by Crippen LogP contribution is 1.99. The molecule has 0 aliphatic carbocycles. The van der Waals surface area contributed by atoms with E-state index in [0.717, 1.165) is 11.0 Å². The molecule has 0 aliphatic rings. The van der Waals surface area contributed by atoms with Crippen LogP contribution < -0.4 is 11.4 Å². The molecule has 5 heteroatoms. The maximum atomic E-state index is 11.2. The van der Waals surface area contributed by atoms with Gasteiger partial charge in [-0.15, -0.1) is 0 Å². The Labute approximate surface area is 78.3 Å². The van der Waals surface area contributed by atoms with Crippen LogP contribution >= 0.6 is 0 Å². The van der Waals surface area contributed by atoms with Crippen LogP contribution in [0.5, 0.6) is 0 Å². The van der Waals surface area contributed by atoms with Crippen LogP contribution in [0.1, 0.15) is 0 Å². The van der Waals surface area contributed by atoms with Crippen LogP contribution in [0.25, 0.3) is 5.69 Å². The Kier molecular flexibility index (Phi) is 1.98. The van der Waals surface area contributed by atoms with E-state index in [1.165, 1.54) is 0 Å². The zero-order chi connectivity index (χ0) is 9.97. The summed E-state index contributed by atoms with van der Waals surface area (Å²) in [6.45, 7) is 0. The first-order valence-corrected chi connectivity index (χ1v) is 3.91. The largest absolute Gasteiger partial charge is 0.429 e. The molecule has 0 amide bonds. The highest BCUT2D eigenvalue weighted by Gasteiger charge is 2.04. The standard InChI is InChI=1S/C9H6N2O3/c12-8-10-6-14-9(13)11(8)7-4-2-1-3-5-7/h1-6H. The highest BCUT2D eigenvalue weighted by molar-refractivity contribution is 5.29. The molecule has 1 aromatic carbocycles. The molecule has 0 atom stereocenters. The third kappa shape index (κ3) is 1.35. The summed E-state index contributed by atoms with van der Waals surface area (Å²) >= 11 is 0. The van der Waals surface area contributed by atoms with Crippen LogP contribution in [0, 0.1) is 0 Å². The lowest BCUT2D eigenvalue weighted by molar-refractivity contribution is 0.432. The normalized spacial score (nSPS) is 10.0. The molecule has 2 aromatic rings. The second-order valence-corrected chi connectivity index (χ2v) is 2.57. The molecule has 1 heterocycles. The smallest absolute Gasteiger partial charge is 0.397 e. The van der Waals surface area contributed by atoms with Gasteiger partial charge in [0, 0.05) is 0 Å². The van der Waals surface area contributed by atoms with Gasteiger partial charge in [-0.2, -0.15) is 9.55 Å². The van der Waals surface area contributed by atoms with E-state index in [1.54, 1.807) is 30.3 Å². The Hall–Kier alpha value is -2.17. The summed E-state index contributed by atoms with van der Waals surface area (Å²) in [5.74, 6) is -0.740. The number of rotatable bonds is 1. The van der Waals surface area contributed by atoms with Gasteiger partial charge in [-0.1, -0.05) is 18.2 Å². The molecule has 5 nitrogen and oxygen atoms in total. The van der Waals surface area contributed by atoms with Crippen molar-refractivity contribution < 1.29 is 4.42 Å². The molecule has 0 saturated heterocycles.